The Kier molecular flexibility index (Phi) is 5.25. The van der Waals surface area contributed by atoms with Crippen LogP contribution in [-0.4, -0.2) is 19.1 Å². The minimum absolute atomic E-state index is 0.198. The molecule has 2 rings (SSSR count). The number of benzene rings is 1. The molecule has 1 aromatic carbocycles. The van der Waals surface area contributed by atoms with E-state index in [1.807, 2.05) is 30.3 Å². The summed E-state index contributed by atoms with van der Waals surface area (Å²) in [6, 6.07) is 9.68. The number of hydrogen-bond acceptors (Lipinski definition) is 2. The van der Waals surface area contributed by atoms with Crippen LogP contribution in [0.5, 0.6) is 5.75 Å². The molecule has 0 radical (unpaired) electrons. The normalized spacial score (nSPS) is 22.8. The smallest absolute Gasteiger partial charge is 0.223 e. The van der Waals surface area contributed by atoms with Crippen molar-refractivity contribution in [3.8, 4) is 5.75 Å². The van der Waals surface area contributed by atoms with E-state index in [1.165, 1.54) is 12.8 Å². The molecule has 3 heteroatoms. The molecule has 1 saturated carbocycles. The first-order chi connectivity index (χ1) is 9.25. The van der Waals surface area contributed by atoms with Gasteiger partial charge in [0.05, 0.1) is 6.54 Å². The van der Waals surface area contributed by atoms with Crippen LogP contribution in [0.25, 0.3) is 0 Å². The van der Waals surface area contributed by atoms with Crippen LogP contribution in [0, 0.1) is 11.8 Å². The van der Waals surface area contributed by atoms with Crippen LogP contribution in [0.15, 0.2) is 30.3 Å². The molecule has 1 fully saturated rings. The summed E-state index contributed by atoms with van der Waals surface area (Å²) in [4.78, 5) is 11.9. The fraction of sp³-hybridized carbons (Fsp3) is 0.562. The summed E-state index contributed by atoms with van der Waals surface area (Å²) < 4.78 is 5.55. The molecular formula is C16H23NO2. The minimum Gasteiger partial charge on any atom is -0.492 e. The zero-order chi connectivity index (χ0) is 13.5. The molecule has 19 heavy (non-hydrogen) atoms. The van der Waals surface area contributed by atoms with Crippen LogP contribution >= 0.6 is 0 Å². The molecule has 0 aliphatic heterocycles. The molecule has 1 aliphatic carbocycles. The lowest BCUT2D eigenvalue weighted by molar-refractivity contribution is -0.126. The van der Waals surface area contributed by atoms with Crippen molar-refractivity contribution >= 4 is 5.91 Å². The van der Waals surface area contributed by atoms with Crippen LogP contribution < -0.4 is 10.1 Å². The third-order valence-electron chi connectivity index (χ3n) is 3.80. The van der Waals surface area contributed by atoms with Gasteiger partial charge in [0, 0.05) is 5.92 Å². The summed E-state index contributed by atoms with van der Waals surface area (Å²) in [5.74, 6) is 2.05. The molecule has 1 amide bonds. The molecule has 0 unspecified atom stereocenters. The molecule has 0 atom stereocenters. The second-order valence-corrected chi connectivity index (χ2v) is 5.41. The van der Waals surface area contributed by atoms with Crippen molar-refractivity contribution in [1.29, 1.82) is 0 Å². The van der Waals surface area contributed by atoms with Crippen LogP contribution in [0.3, 0.4) is 0 Å². The zero-order valence-electron chi connectivity index (χ0n) is 11.6. The van der Waals surface area contributed by atoms with Gasteiger partial charge in [0.1, 0.15) is 12.4 Å². The Hall–Kier alpha value is -1.51. The summed E-state index contributed by atoms with van der Waals surface area (Å²) in [6.07, 6.45) is 4.43. The van der Waals surface area contributed by atoms with E-state index in [1.54, 1.807) is 0 Å². The van der Waals surface area contributed by atoms with Crippen molar-refractivity contribution in [3.05, 3.63) is 30.3 Å². The fourth-order valence-electron chi connectivity index (χ4n) is 2.53. The maximum Gasteiger partial charge on any atom is 0.223 e. The first-order valence-electron chi connectivity index (χ1n) is 7.21. The lowest BCUT2D eigenvalue weighted by atomic mass is 9.82. The summed E-state index contributed by atoms with van der Waals surface area (Å²) in [6.45, 7) is 3.38. The van der Waals surface area contributed by atoms with Crippen molar-refractivity contribution in [2.75, 3.05) is 13.2 Å². The van der Waals surface area contributed by atoms with E-state index >= 15 is 0 Å². The number of nitrogens with one attached hydrogen (secondary N) is 1. The molecule has 1 N–H and O–H groups in total. The quantitative estimate of drug-likeness (QED) is 0.827. The maximum absolute atomic E-state index is 11.9. The zero-order valence-corrected chi connectivity index (χ0v) is 11.6. The van der Waals surface area contributed by atoms with Gasteiger partial charge in [0.2, 0.25) is 5.91 Å². The van der Waals surface area contributed by atoms with Crippen molar-refractivity contribution in [1.82, 2.24) is 5.32 Å². The Labute approximate surface area is 115 Å². The highest BCUT2D eigenvalue weighted by Crippen LogP contribution is 2.28. The van der Waals surface area contributed by atoms with Crippen molar-refractivity contribution in [3.63, 3.8) is 0 Å². The molecule has 0 spiro atoms. The van der Waals surface area contributed by atoms with E-state index < -0.39 is 0 Å². The highest BCUT2D eigenvalue weighted by atomic mass is 16.5. The van der Waals surface area contributed by atoms with E-state index in [2.05, 4.69) is 12.2 Å². The molecule has 0 aromatic heterocycles. The Morgan fingerprint density at radius 1 is 1.21 bits per heavy atom. The molecule has 1 aliphatic rings. The van der Waals surface area contributed by atoms with Gasteiger partial charge < -0.3 is 10.1 Å². The van der Waals surface area contributed by atoms with Gasteiger partial charge in [-0.2, -0.15) is 0 Å². The standard InChI is InChI=1S/C16H23NO2/c1-13-7-9-14(10-8-13)16(18)17-11-12-19-15-5-3-2-4-6-15/h2-6,13-14H,7-12H2,1H3,(H,17,18). The van der Waals surface area contributed by atoms with Gasteiger partial charge in [-0.05, 0) is 43.7 Å². The minimum atomic E-state index is 0.198. The van der Waals surface area contributed by atoms with Gasteiger partial charge in [-0.15, -0.1) is 0 Å². The van der Waals surface area contributed by atoms with Crippen molar-refractivity contribution < 1.29 is 9.53 Å². The third-order valence-corrected chi connectivity index (χ3v) is 3.80. The number of hydrogen-bond donors (Lipinski definition) is 1. The summed E-state index contributed by atoms with van der Waals surface area (Å²) in [7, 11) is 0. The monoisotopic (exact) mass is 261 g/mol. The number of carbonyl (C=O) groups is 1. The van der Waals surface area contributed by atoms with Crippen LogP contribution in [-0.2, 0) is 4.79 Å². The average molecular weight is 261 g/mol. The Bertz CT molecular complexity index is 383. The van der Waals surface area contributed by atoms with Gasteiger partial charge in [-0.1, -0.05) is 25.1 Å². The van der Waals surface area contributed by atoms with Gasteiger partial charge >= 0.3 is 0 Å². The van der Waals surface area contributed by atoms with Crippen molar-refractivity contribution in [2.24, 2.45) is 11.8 Å². The van der Waals surface area contributed by atoms with E-state index in [0.717, 1.165) is 24.5 Å². The number of amides is 1. The lowest BCUT2D eigenvalue weighted by Crippen LogP contribution is -2.35. The predicted octanol–water partition coefficient (Wildman–Crippen LogP) is 3.01. The molecule has 0 heterocycles. The van der Waals surface area contributed by atoms with Crippen LogP contribution in [0.2, 0.25) is 0 Å². The number of carbonyl (C=O) groups excluding carboxylic acids is 1. The Balaban J connectivity index is 1.61. The Morgan fingerprint density at radius 2 is 1.89 bits per heavy atom. The van der Waals surface area contributed by atoms with Crippen molar-refractivity contribution in [2.45, 2.75) is 32.6 Å². The molecule has 0 bridgehead atoms. The number of para-hydroxylation sites is 1. The molecule has 0 saturated heterocycles. The largest absolute Gasteiger partial charge is 0.492 e. The number of ether oxygens (including phenoxy) is 1. The second-order valence-electron chi connectivity index (χ2n) is 5.41. The Morgan fingerprint density at radius 3 is 2.58 bits per heavy atom. The first kappa shape index (κ1) is 13.9. The molecular weight excluding hydrogens is 238 g/mol. The van der Waals surface area contributed by atoms with Gasteiger partial charge in [-0.25, -0.2) is 0 Å². The summed E-state index contributed by atoms with van der Waals surface area (Å²) in [5.41, 5.74) is 0. The molecule has 104 valence electrons. The van der Waals surface area contributed by atoms with Gasteiger partial charge in [-0.3, -0.25) is 4.79 Å². The first-order valence-corrected chi connectivity index (χ1v) is 7.21. The lowest BCUT2D eigenvalue weighted by Gasteiger charge is -2.25. The van der Waals surface area contributed by atoms with E-state index in [4.69, 9.17) is 4.74 Å². The van der Waals surface area contributed by atoms with Gasteiger partial charge in [0.25, 0.3) is 0 Å². The molecule has 1 aromatic rings. The van der Waals surface area contributed by atoms with Crippen LogP contribution in [0.1, 0.15) is 32.6 Å². The van der Waals surface area contributed by atoms with Crippen LogP contribution in [0.4, 0.5) is 0 Å². The SMILES string of the molecule is CC1CCC(C(=O)NCCOc2ccccc2)CC1. The topological polar surface area (TPSA) is 38.3 Å². The second kappa shape index (κ2) is 7.17. The van der Waals surface area contributed by atoms with E-state index in [-0.39, 0.29) is 11.8 Å². The van der Waals surface area contributed by atoms with E-state index in [0.29, 0.717) is 13.2 Å². The summed E-state index contributed by atoms with van der Waals surface area (Å²) in [5, 5.41) is 2.97. The average Bonchev–Trinajstić information content (AvgIpc) is 2.45. The fourth-order valence-corrected chi connectivity index (χ4v) is 2.53. The summed E-state index contributed by atoms with van der Waals surface area (Å²) >= 11 is 0. The van der Waals surface area contributed by atoms with Gasteiger partial charge in [0.15, 0.2) is 0 Å². The number of rotatable bonds is 5. The highest BCUT2D eigenvalue weighted by Gasteiger charge is 2.23. The third kappa shape index (κ3) is 4.58. The predicted molar refractivity (Wildman–Crippen MR) is 76.1 cm³/mol. The molecule has 3 nitrogen and oxygen atoms in total. The maximum atomic E-state index is 11.9. The van der Waals surface area contributed by atoms with E-state index in [9.17, 15) is 4.79 Å². The highest BCUT2D eigenvalue weighted by molar-refractivity contribution is 5.78.